The highest BCUT2D eigenvalue weighted by Gasteiger charge is 2.43. The number of nitrogens with zero attached hydrogens (tertiary/aromatic N) is 1. The van der Waals surface area contributed by atoms with E-state index in [0.717, 1.165) is 51.9 Å². The highest BCUT2D eigenvalue weighted by Crippen LogP contribution is 2.45. The molecule has 4 nitrogen and oxygen atoms in total. The number of hydrogen-bond acceptors (Lipinski definition) is 4. The maximum atomic E-state index is 6.42. The Morgan fingerprint density at radius 3 is 2.70 bits per heavy atom. The molecule has 2 aliphatic rings. The summed E-state index contributed by atoms with van der Waals surface area (Å²) in [5.41, 5.74) is 3.00. The molecule has 2 atom stereocenters. The maximum Gasteiger partial charge on any atom is 0.172 e. The minimum absolute atomic E-state index is 0.188. The molecule has 2 unspecified atom stereocenters. The standard InChI is InChI=1S/C23H41NO3/c1-18(2)16-24(14-15-25-7)13-10-21-17-26-23(27-21)11-8-20(9-12-23)22(5,6)19(3)4/h8,19,21H,1,9-17H2,2-7H3. The lowest BCUT2D eigenvalue weighted by molar-refractivity contribution is -0.174. The van der Waals surface area contributed by atoms with Crippen LogP contribution in [0.2, 0.25) is 0 Å². The molecule has 0 saturated carbocycles. The van der Waals surface area contributed by atoms with Crippen molar-refractivity contribution in [3.05, 3.63) is 23.8 Å². The molecule has 1 aliphatic carbocycles. The van der Waals surface area contributed by atoms with E-state index in [9.17, 15) is 0 Å². The van der Waals surface area contributed by atoms with E-state index in [-0.39, 0.29) is 17.3 Å². The number of methoxy groups -OCH3 is 1. The van der Waals surface area contributed by atoms with Crippen LogP contribution in [-0.4, -0.2) is 56.7 Å². The second kappa shape index (κ2) is 9.69. The van der Waals surface area contributed by atoms with Crippen LogP contribution in [0, 0.1) is 11.3 Å². The van der Waals surface area contributed by atoms with E-state index in [1.54, 1.807) is 12.7 Å². The third-order valence-electron chi connectivity index (χ3n) is 6.49. The topological polar surface area (TPSA) is 30.9 Å². The first-order chi connectivity index (χ1) is 12.7. The Labute approximate surface area is 166 Å². The van der Waals surface area contributed by atoms with E-state index in [2.05, 4.69) is 52.2 Å². The largest absolute Gasteiger partial charge is 0.383 e. The highest BCUT2D eigenvalue weighted by atomic mass is 16.7. The van der Waals surface area contributed by atoms with Gasteiger partial charge in [-0.3, -0.25) is 4.90 Å². The summed E-state index contributed by atoms with van der Waals surface area (Å²) in [6, 6.07) is 0. The summed E-state index contributed by atoms with van der Waals surface area (Å²) in [5, 5.41) is 0. The SMILES string of the molecule is C=C(C)CN(CCOC)CCC1COC2(CC=C(C(C)(C)C(C)C)CC2)O1. The summed E-state index contributed by atoms with van der Waals surface area (Å²) in [6.45, 7) is 19.7. The molecule has 0 radical (unpaired) electrons. The third-order valence-corrected chi connectivity index (χ3v) is 6.49. The van der Waals surface area contributed by atoms with Crippen molar-refractivity contribution in [3.63, 3.8) is 0 Å². The van der Waals surface area contributed by atoms with Crippen molar-refractivity contribution in [2.75, 3.05) is 40.0 Å². The predicted octanol–water partition coefficient (Wildman–Crippen LogP) is 4.81. The second-order valence-electron chi connectivity index (χ2n) is 9.29. The summed E-state index contributed by atoms with van der Waals surface area (Å²) in [4.78, 5) is 2.39. The molecule has 4 heteroatoms. The van der Waals surface area contributed by atoms with Crippen molar-refractivity contribution < 1.29 is 14.2 Å². The van der Waals surface area contributed by atoms with E-state index >= 15 is 0 Å². The zero-order chi connectivity index (χ0) is 20.1. The summed E-state index contributed by atoms with van der Waals surface area (Å²) >= 11 is 0. The molecule has 1 spiro atoms. The van der Waals surface area contributed by atoms with Gasteiger partial charge in [-0.05, 0) is 31.1 Å². The van der Waals surface area contributed by atoms with Crippen molar-refractivity contribution >= 4 is 0 Å². The highest BCUT2D eigenvalue weighted by molar-refractivity contribution is 5.18. The number of ether oxygens (including phenoxy) is 3. The van der Waals surface area contributed by atoms with Crippen molar-refractivity contribution in [3.8, 4) is 0 Å². The van der Waals surface area contributed by atoms with Gasteiger partial charge in [0.2, 0.25) is 0 Å². The van der Waals surface area contributed by atoms with Crippen LogP contribution in [-0.2, 0) is 14.2 Å². The summed E-state index contributed by atoms with van der Waals surface area (Å²) < 4.78 is 17.8. The molecule has 27 heavy (non-hydrogen) atoms. The molecule has 1 heterocycles. The average molecular weight is 380 g/mol. The molecule has 0 bridgehead atoms. The molecular formula is C23H41NO3. The molecule has 0 aromatic heterocycles. The van der Waals surface area contributed by atoms with Crippen molar-refractivity contribution in [2.45, 2.75) is 72.2 Å². The van der Waals surface area contributed by atoms with Crippen molar-refractivity contribution in [1.29, 1.82) is 0 Å². The molecule has 156 valence electrons. The van der Waals surface area contributed by atoms with Crippen LogP contribution in [0.3, 0.4) is 0 Å². The number of allylic oxidation sites excluding steroid dienone is 1. The predicted molar refractivity (Wildman–Crippen MR) is 112 cm³/mol. The maximum absolute atomic E-state index is 6.42. The van der Waals surface area contributed by atoms with Gasteiger partial charge in [0.15, 0.2) is 5.79 Å². The van der Waals surface area contributed by atoms with Crippen molar-refractivity contribution in [1.82, 2.24) is 4.90 Å². The molecule has 0 amide bonds. The fourth-order valence-electron chi connectivity index (χ4n) is 3.96. The molecule has 0 N–H and O–H groups in total. The van der Waals surface area contributed by atoms with Gasteiger partial charge in [-0.25, -0.2) is 0 Å². The fourth-order valence-corrected chi connectivity index (χ4v) is 3.96. The third kappa shape index (κ3) is 6.15. The van der Waals surface area contributed by atoms with Crippen LogP contribution in [0.1, 0.15) is 60.3 Å². The molecule has 1 aliphatic heterocycles. The van der Waals surface area contributed by atoms with E-state index in [4.69, 9.17) is 14.2 Å². The lowest BCUT2D eigenvalue weighted by atomic mass is 9.70. The Bertz CT molecular complexity index is 526. The van der Waals surface area contributed by atoms with Gasteiger partial charge in [-0.15, -0.1) is 0 Å². The summed E-state index contributed by atoms with van der Waals surface area (Å²) in [6.07, 6.45) is 6.50. The van der Waals surface area contributed by atoms with Gasteiger partial charge in [0.25, 0.3) is 0 Å². The monoisotopic (exact) mass is 379 g/mol. The quantitative estimate of drug-likeness (QED) is 0.510. The number of hydrogen-bond donors (Lipinski definition) is 0. The van der Waals surface area contributed by atoms with Gasteiger partial charge in [0.1, 0.15) is 0 Å². The molecule has 0 aromatic carbocycles. The first kappa shape index (κ1) is 22.6. The van der Waals surface area contributed by atoms with Gasteiger partial charge < -0.3 is 14.2 Å². The van der Waals surface area contributed by atoms with Crippen LogP contribution in [0.4, 0.5) is 0 Å². The minimum atomic E-state index is -0.382. The van der Waals surface area contributed by atoms with Crippen LogP contribution < -0.4 is 0 Å². The summed E-state index contributed by atoms with van der Waals surface area (Å²) in [7, 11) is 1.75. The van der Waals surface area contributed by atoms with Gasteiger partial charge in [-0.2, -0.15) is 0 Å². The van der Waals surface area contributed by atoms with Crippen LogP contribution in [0.5, 0.6) is 0 Å². The van der Waals surface area contributed by atoms with E-state index in [1.165, 1.54) is 5.57 Å². The minimum Gasteiger partial charge on any atom is -0.383 e. The van der Waals surface area contributed by atoms with Gasteiger partial charge in [0, 0.05) is 39.6 Å². The molecule has 1 fully saturated rings. The first-order valence-corrected chi connectivity index (χ1v) is 10.6. The zero-order valence-corrected chi connectivity index (χ0v) is 18.5. The van der Waals surface area contributed by atoms with Crippen molar-refractivity contribution in [2.24, 2.45) is 11.3 Å². The smallest absolute Gasteiger partial charge is 0.172 e. The molecule has 2 rings (SSSR count). The number of rotatable bonds is 10. The van der Waals surface area contributed by atoms with E-state index < -0.39 is 0 Å². The Morgan fingerprint density at radius 1 is 1.41 bits per heavy atom. The molecular weight excluding hydrogens is 338 g/mol. The Morgan fingerprint density at radius 2 is 2.15 bits per heavy atom. The van der Waals surface area contributed by atoms with E-state index in [1.807, 2.05) is 0 Å². The Balaban J connectivity index is 1.86. The lowest BCUT2D eigenvalue weighted by Gasteiger charge is -2.39. The second-order valence-corrected chi connectivity index (χ2v) is 9.29. The summed E-state index contributed by atoms with van der Waals surface area (Å²) in [5.74, 6) is 0.259. The fraction of sp³-hybridized carbons (Fsp3) is 0.826. The lowest BCUT2D eigenvalue weighted by Crippen LogP contribution is -2.36. The Kier molecular flexibility index (Phi) is 8.11. The Hall–Kier alpha value is -0.680. The molecule has 0 aromatic rings. The average Bonchev–Trinajstić information content (AvgIpc) is 3.00. The van der Waals surface area contributed by atoms with Crippen LogP contribution in [0.25, 0.3) is 0 Å². The first-order valence-electron chi connectivity index (χ1n) is 10.6. The van der Waals surface area contributed by atoms with E-state index in [0.29, 0.717) is 12.5 Å². The van der Waals surface area contributed by atoms with Gasteiger partial charge >= 0.3 is 0 Å². The zero-order valence-electron chi connectivity index (χ0n) is 18.5. The van der Waals surface area contributed by atoms with Crippen LogP contribution >= 0.6 is 0 Å². The molecule has 1 saturated heterocycles. The normalized spacial score (nSPS) is 26.2. The van der Waals surface area contributed by atoms with Crippen LogP contribution in [0.15, 0.2) is 23.8 Å². The van der Waals surface area contributed by atoms with Gasteiger partial charge in [-0.1, -0.05) is 51.5 Å². The van der Waals surface area contributed by atoms with Gasteiger partial charge in [0.05, 0.1) is 19.3 Å².